The van der Waals surface area contributed by atoms with E-state index in [-0.39, 0.29) is 47.3 Å². The van der Waals surface area contributed by atoms with Crippen molar-refractivity contribution >= 4 is 23.5 Å². The molecule has 0 spiro atoms. The van der Waals surface area contributed by atoms with Crippen LogP contribution in [0.1, 0.15) is 16.9 Å². The molecule has 35 heavy (non-hydrogen) atoms. The van der Waals surface area contributed by atoms with E-state index in [0.717, 1.165) is 6.26 Å². The van der Waals surface area contributed by atoms with E-state index in [1.165, 1.54) is 29.4 Å². The molecule has 2 aromatic rings. The van der Waals surface area contributed by atoms with Crippen molar-refractivity contribution < 1.29 is 27.2 Å². The van der Waals surface area contributed by atoms with Crippen LogP contribution in [-0.4, -0.2) is 83.9 Å². The Morgan fingerprint density at radius 2 is 2.14 bits per heavy atom. The van der Waals surface area contributed by atoms with E-state index >= 15 is 0 Å². The number of nitrogens with zero attached hydrogens (tertiary/aromatic N) is 4. The standard InChI is InChI=1S/C21H25F3N8O3/c1-26-8-14(18(25)32-9-13(31(2)3)7-17(32)33)29-19(34)15-10-35-20(30-15)12-4-5-27-16(6-12)28-11-21(22,23)24/h4-6,8,10,13,25-26H,7,9,11H2,1-3H3,(H,27,28)(H,29,34)/b14-8+,25-18?/t13-/m0/s1. The van der Waals surface area contributed by atoms with Crippen molar-refractivity contribution in [2.45, 2.75) is 18.6 Å². The maximum absolute atomic E-state index is 12.8. The Labute approximate surface area is 198 Å². The Bertz CT molecular complexity index is 1130. The smallest absolute Gasteiger partial charge is 0.405 e. The van der Waals surface area contributed by atoms with Gasteiger partial charge in [-0.15, -0.1) is 0 Å². The third kappa shape index (κ3) is 6.56. The van der Waals surface area contributed by atoms with Crippen molar-refractivity contribution in [1.29, 1.82) is 5.41 Å². The van der Waals surface area contributed by atoms with Crippen molar-refractivity contribution in [3.63, 3.8) is 0 Å². The van der Waals surface area contributed by atoms with Crippen LogP contribution < -0.4 is 16.0 Å². The summed E-state index contributed by atoms with van der Waals surface area (Å²) in [5.41, 5.74) is 0.229. The number of pyridine rings is 1. The van der Waals surface area contributed by atoms with Gasteiger partial charge in [0.05, 0.1) is 5.70 Å². The molecule has 3 rings (SSSR count). The van der Waals surface area contributed by atoms with E-state index < -0.39 is 18.6 Å². The van der Waals surface area contributed by atoms with Crippen LogP contribution in [0.5, 0.6) is 0 Å². The number of oxazole rings is 1. The summed E-state index contributed by atoms with van der Waals surface area (Å²) in [4.78, 5) is 36.2. The highest BCUT2D eigenvalue weighted by Crippen LogP contribution is 2.22. The molecule has 0 unspecified atom stereocenters. The van der Waals surface area contributed by atoms with Gasteiger partial charge in [-0.3, -0.25) is 19.9 Å². The second-order valence-electron chi connectivity index (χ2n) is 7.91. The van der Waals surface area contributed by atoms with Gasteiger partial charge in [0.15, 0.2) is 11.5 Å². The number of amides is 2. The maximum atomic E-state index is 12.8. The summed E-state index contributed by atoms with van der Waals surface area (Å²) < 4.78 is 42.6. The topological polar surface area (TPSA) is 139 Å². The average Bonchev–Trinajstić information content (AvgIpc) is 3.44. The third-order valence-corrected chi connectivity index (χ3v) is 5.11. The lowest BCUT2D eigenvalue weighted by atomic mass is 10.2. The van der Waals surface area contributed by atoms with E-state index in [0.29, 0.717) is 12.1 Å². The molecule has 1 atom stereocenters. The van der Waals surface area contributed by atoms with E-state index in [1.807, 2.05) is 19.0 Å². The number of likely N-dealkylation sites (tertiary alicyclic amines) is 1. The zero-order chi connectivity index (χ0) is 25.8. The zero-order valence-electron chi connectivity index (χ0n) is 19.2. The molecule has 2 amide bonds. The maximum Gasteiger partial charge on any atom is 0.405 e. The van der Waals surface area contributed by atoms with Crippen LogP contribution in [0.15, 0.2) is 40.9 Å². The summed E-state index contributed by atoms with van der Waals surface area (Å²) in [6.45, 7) is -0.952. The molecule has 4 N–H and O–H groups in total. The monoisotopic (exact) mass is 494 g/mol. The molecule has 2 aromatic heterocycles. The first-order valence-corrected chi connectivity index (χ1v) is 10.5. The zero-order valence-corrected chi connectivity index (χ0v) is 19.2. The summed E-state index contributed by atoms with van der Waals surface area (Å²) in [6.07, 6.45) is -0.419. The number of halogens is 3. The molecular weight excluding hydrogens is 469 g/mol. The number of aromatic nitrogens is 2. The normalized spacial score (nSPS) is 16.5. The van der Waals surface area contributed by atoms with Crippen molar-refractivity contribution in [2.24, 2.45) is 0 Å². The number of nitrogens with one attached hydrogen (secondary N) is 4. The number of hydrogen-bond acceptors (Lipinski definition) is 9. The predicted molar refractivity (Wildman–Crippen MR) is 120 cm³/mol. The van der Waals surface area contributed by atoms with Crippen LogP contribution in [0.4, 0.5) is 19.0 Å². The molecule has 188 valence electrons. The highest BCUT2D eigenvalue weighted by atomic mass is 19.4. The summed E-state index contributed by atoms with van der Waals surface area (Å²) >= 11 is 0. The molecule has 1 aliphatic heterocycles. The number of amidine groups is 1. The second kappa shape index (κ2) is 10.5. The van der Waals surface area contributed by atoms with Gasteiger partial charge in [0.2, 0.25) is 11.8 Å². The fraction of sp³-hybridized carbons (Fsp3) is 0.381. The van der Waals surface area contributed by atoms with Crippen LogP contribution in [0.25, 0.3) is 11.5 Å². The molecular formula is C21H25F3N8O3. The fourth-order valence-electron chi connectivity index (χ4n) is 3.25. The molecule has 3 heterocycles. The van der Waals surface area contributed by atoms with Gasteiger partial charge in [0.25, 0.3) is 5.91 Å². The molecule has 11 nitrogen and oxygen atoms in total. The summed E-state index contributed by atoms with van der Waals surface area (Å²) in [5, 5.41) is 15.9. The van der Waals surface area contributed by atoms with Crippen LogP contribution in [0.2, 0.25) is 0 Å². The molecule has 0 radical (unpaired) electrons. The summed E-state index contributed by atoms with van der Waals surface area (Å²) in [6, 6.07) is 2.72. The molecule has 1 fully saturated rings. The lowest BCUT2D eigenvalue weighted by Gasteiger charge is -2.22. The van der Waals surface area contributed by atoms with Crippen LogP contribution >= 0.6 is 0 Å². The first-order chi connectivity index (χ1) is 16.5. The molecule has 0 aromatic carbocycles. The Hall–Kier alpha value is -3.94. The predicted octanol–water partition coefficient (Wildman–Crippen LogP) is 1.64. The molecule has 1 aliphatic rings. The van der Waals surface area contributed by atoms with Crippen molar-refractivity contribution in [3.05, 3.63) is 42.2 Å². The molecule has 14 heteroatoms. The first kappa shape index (κ1) is 25.7. The number of hydrogen-bond donors (Lipinski definition) is 4. The highest BCUT2D eigenvalue weighted by molar-refractivity contribution is 6.09. The van der Waals surface area contributed by atoms with Crippen LogP contribution in [0.3, 0.4) is 0 Å². The Morgan fingerprint density at radius 3 is 2.77 bits per heavy atom. The van der Waals surface area contributed by atoms with Crippen molar-refractivity contribution in [1.82, 2.24) is 30.4 Å². The highest BCUT2D eigenvalue weighted by Gasteiger charge is 2.35. The third-order valence-electron chi connectivity index (χ3n) is 5.11. The lowest BCUT2D eigenvalue weighted by molar-refractivity contribution is -0.124. The Kier molecular flexibility index (Phi) is 7.74. The van der Waals surface area contributed by atoms with E-state index in [9.17, 15) is 22.8 Å². The van der Waals surface area contributed by atoms with Gasteiger partial charge in [0, 0.05) is 44.0 Å². The van der Waals surface area contributed by atoms with Gasteiger partial charge >= 0.3 is 6.18 Å². The van der Waals surface area contributed by atoms with Gasteiger partial charge in [0.1, 0.15) is 18.6 Å². The second-order valence-corrected chi connectivity index (χ2v) is 7.91. The van der Waals surface area contributed by atoms with E-state index in [1.54, 1.807) is 7.05 Å². The van der Waals surface area contributed by atoms with Crippen LogP contribution in [-0.2, 0) is 4.79 Å². The molecule has 1 saturated heterocycles. The van der Waals surface area contributed by atoms with Gasteiger partial charge in [-0.25, -0.2) is 9.97 Å². The molecule has 0 bridgehead atoms. The van der Waals surface area contributed by atoms with Crippen molar-refractivity contribution in [3.8, 4) is 11.5 Å². The van der Waals surface area contributed by atoms with E-state index in [4.69, 9.17) is 9.83 Å². The quantitative estimate of drug-likeness (QED) is 0.321. The number of likely N-dealkylation sites (N-methyl/N-ethyl adjacent to an activating group) is 1. The lowest BCUT2D eigenvalue weighted by Crippen LogP contribution is -2.41. The van der Waals surface area contributed by atoms with Gasteiger partial charge in [-0.2, -0.15) is 13.2 Å². The number of rotatable bonds is 8. The molecule has 0 aliphatic carbocycles. The SMILES string of the molecule is CN/C=C(/NC(=O)c1coc(-c2ccnc(NCC(F)(F)F)c2)n1)C(=N)N1C[C@@H](N(C)C)CC1=O. The molecule has 0 saturated carbocycles. The van der Waals surface area contributed by atoms with Crippen molar-refractivity contribution in [2.75, 3.05) is 39.5 Å². The minimum absolute atomic E-state index is 0.00891. The number of carbonyl (C=O) groups excluding carboxylic acids is 2. The Balaban J connectivity index is 1.71. The number of alkyl halides is 3. The minimum Gasteiger partial charge on any atom is -0.444 e. The minimum atomic E-state index is -4.41. The van der Waals surface area contributed by atoms with Gasteiger partial charge in [-0.05, 0) is 26.2 Å². The van der Waals surface area contributed by atoms with Crippen LogP contribution in [0, 0.1) is 5.41 Å². The first-order valence-electron chi connectivity index (χ1n) is 10.5. The number of anilines is 1. The number of carbonyl (C=O) groups is 2. The fourth-order valence-corrected chi connectivity index (χ4v) is 3.25. The largest absolute Gasteiger partial charge is 0.444 e. The summed E-state index contributed by atoms with van der Waals surface area (Å²) in [5.74, 6) is -1.17. The van der Waals surface area contributed by atoms with E-state index in [2.05, 4.69) is 25.9 Å². The van der Waals surface area contributed by atoms with Gasteiger partial charge < -0.3 is 25.3 Å². The van der Waals surface area contributed by atoms with Gasteiger partial charge in [-0.1, -0.05) is 0 Å². The Morgan fingerprint density at radius 1 is 1.40 bits per heavy atom. The summed E-state index contributed by atoms with van der Waals surface area (Å²) in [7, 11) is 5.27. The average molecular weight is 494 g/mol.